The first-order valence-electron chi connectivity index (χ1n) is 7.24. The van der Waals surface area contributed by atoms with Crippen molar-refractivity contribution in [2.45, 2.75) is 12.6 Å². The molecule has 0 saturated heterocycles. The number of hydrogen-bond donors (Lipinski definition) is 1. The van der Waals surface area contributed by atoms with Crippen molar-refractivity contribution in [1.82, 2.24) is 9.55 Å². The van der Waals surface area contributed by atoms with Crippen LogP contribution in [0.25, 0.3) is 10.9 Å². The molecule has 0 amide bonds. The lowest BCUT2D eigenvalue weighted by Crippen LogP contribution is -2.30. The summed E-state index contributed by atoms with van der Waals surface area (Å²) in [6.45, 7) is 0.167. The summed E-state index contributed by atoms with van der Waals surface area (Å²) in [6, 6.07) is 12.2. The lowest BCUT2D eigenvalue weighted by molar-refractivity contribution is 0.0914. The number of halogens is 2. The third-order valence-electron chi connectivity index (χ3n) is 3.43. The Morgan fingerprint density at radius 3 is 2.92 bits per heavy atom. The van der Waals surface area contributed by atoms with Gasteiger partial charge in [-0.25, -0.2) is 4.98 Å². The lowest BCUT2D eigenvalue weighted by atomic mass is 10.2. The Bertz CT molecular complexity index is 929. The van der Waals surface area contributed by atoms with Crippen molar-refractivity contribution in [1.29, 1.82) is 0 Å². The van der Waals surface area contributed by atoms with Crippen LogP contribution >= 0.6 is 27.5 Å². The molecular weight excluding hydrogens is 396 g/mol. The maximum Gasteiger partial charge on any atom is 0.261 e. The normalized spacial score (nSPS) is 12.3. The molecule has 0 aliphatic rings. The minimum Gasteiger partial charge on any atom is -0.491 e. The highest BCUT2D eigenvalue weighted by atomic mass is 79.9. The number of aliphatic hydroxyl groups is 1. The fourth-order valence-corrected chi connectivity index (χ4v) is 2.84. The molecule has 3 aromatic rings. The molecule has 0 spiro atoms. The number of aliphatic hydroxyl groups excluding tert-OH is 1. The molecule has 124 valence electrons. The summed E-state index contributed by atoms with van der Waals surface area (Å²) in [6.07, 6.45) is 0.566. The molecule has 1 atom stereocenters. The van der Waals surface area contributed by atoms with Gasteiger partial charge in [0.25, 0.3) is 5.56 Å². The first-order valence-corrected chi connectivity index (χ1v) is 8.41. The average Bonchev–Trinajstić information content (AvgIpc) is 2.56. The van der Waals surface area contributed by atoms with Crippen LogP contribution in [0.1, 0.15) is 0 Å². The number of fused-ring (bicyclic) bond motifs is 1. The maximum absolute atomic E-state index is 12.4. The zero-order valence-electron chi connectivity index (χ0n) is 12.5. The molecule has 24 heavy (non-hydrogen) atoms. The number of nitrogens with zero attached hydrogens (tertiary/aromatic N) is 2. The summed E-state index contributed by atoms with van der Waals surface area (Å²) in [5.41, 5.74) is 0.307. The van der Waals surface area contributed by atoms with Crippen molar-refractivity contribution < 1.29 is 9.84 Å². The predicted molar refractivity (Wildman–Crippen MR) is 96.7 cm³/mol. The van der Waals surface area contributed by atoms with Crippen LogP contribution in [-0.2, 0) is 6.54 Å². The zero-order chi connectivity index (χ0) is 17.1. The molecule has 5 nitrogen and oxygen atoms in total. The topological polar surface area (TPSA) is 64.4 Å². The van der Waals surface area contributed by atoms with Gasteiger partial charge in [0.15, 0.2) is 0 Å². The van der Waals surface area contributed by atoms with Gasteiger partial charge in [-0.15, -0.1) is 0 Å². The molecule has 0 fully saturated rings. The molecule has 0 aliphatic carbocycles. The van der Waals surface area contributed by atoms with E-state index >= 15 is 0 Å². The minimum atomic E-state index is -0.840. The molecule has 3 rings (SSSR count). The third-order valence-corrected chi connectivity index (χ3v) is 4.16. The summed E-state index contributed by atoms with van der Waals surface area (Å²) in [5.74, 6) is 0.641. The number of benzene rings is 2. The Balaban J connectivity index is 1.71. The summed E-state index contributed by atoms with van der Waals surface area (Å²) >= 11 is 9.25. The van der Waals surface area contributed by atoms with E-state index in [4.69, 9.17) is 16.3 Å². The molecule has 0 aliphatic heterocycles. The molecular formula is C17H14BrClN2O3. The van der Waals surface area contributed by atoms with Crippen LogP contribution in [-0.4, -0.2) is 27.4 Å². The van der Waals surface area contributed by atoms with Crippen molar-refractivity contribution in [3.63, 3.8) is 0 Å². The van der Waals surface area contributed by atoms with Crippen molar-refractivity contribution in [3.05, 3.63) is 68.6 Å². The minimum absolute atomic E-state index is 0.0710. The van der Waals surface area contributed by atoms with E-state index in [9.17, 15) is 9.90 Å². The average molecular weight is 410 g/mol. The van der Waals surface area contributed by atoms with Gasteiger partial charge in [0.1, 0.15) is 18.5 Å². The van der Waals surface area contributed by atoms with Gasteiger partial charge in [0, 0.05) is 9.50 Å². The van der Waals surface area contributed by atoms with E-state index < -0.39 is 6.10 Å². The standard InChI is InChI=1S/C17H14BrClN2O3/c18-11-2-1-3-14(6-11)24-9-13(22)8-21-10-20-16-7-12(19)4-5-15(16)17(21)23/h1-7,10,13,22H,8-9H2. The highest BCUT2D eigenvalue weighted by molar-refractivity contribution is 9.10. The number of ether oxygens (including phenoxy) is 1. The van der Waals surface area contributed by atoms with Crippen molar-refractivity contribution in [2.24, 2.45) is 0 Å². The molecule has 0 radical (unpaired) electrons. The largest absolute Gasteiger partial charge is 0.491 e. The van der Waals surface area contributed by atoms with E-state index in [1.807, 2.05) is 12.1 Å². The fourth-order valence-electron chi connectivity index (χ4n) is 2.29. The van der Waals surface area contributed by atoms with E-state index in [-0.39, 0.29) is 18.7 Å². The number of aromatic nitrogens is 2. The van der Waals surface area contributed by atoms with Gasteiger partial charge in [-0.3, -0.25) is 9.36 Å². The second-order valence-corrected chi connectivity index (χ2v) is 6.64. The quantitative estimate of drug-likeness (QED) is 0.702. The summed E-state index contributed by atoms with van der Waals surface area (Å²) in [4.78, 5) is 16.6. The van der Waals surface area contributed by atoms with Gasteiger partial charge in [-0.1, -0.05) is 33.6 Å². The third kappa shape index (κ3) is 3.95. The first kappa shape index (κ1) is 17.0. The second-order valence-electron chi connectivity index (χ2n) is 5.29. The van der Waals surface area contributed by atoms with E-state index in [1.165, 1.54) is 10.9 Å². The molecule has 2 aromatic carbocycles. The molecule has 1 N–H and O–H groups in total. The summed E-state index contributed by atoms with van der Waals surface area (Å²) in [7, 11) is 0. The van der Waals surface area contributed by atoms with Crippen molar-refractivity contribution in [3.8, 4) is 5.75 Å². The van der Waals surface area contributed by atoms with Crippen LogP contribution < -0.4 is 10.3 Å². The van der Waals surface area contributed by atoms with E-state index in [0.717, 1.165) is 4.47 Å². The van der Waals surface area contributed by atoms with Gasteiger partial charge in [0.05, 0.1) is 23.8 Å². The van der Waals surface area contributed by atoms with Crippen LogP contribution in [0, 0.1) is 0 Å². The first-order chi connectivity index (χ1) is 11.5. The molecule has 0 bridgehead atoms. The Kier molecular flexibility index (Phi) is 5.18. The van der Waals surface area contributed by atoms with Crippen LogP contribution in [0.15, 0.2) is 58.1 Å². The SMILES string of the molecule is O=c1c2ccc(Cl)cc2ncn1CC(O)COc1cccc(Br)c1. The van der Waals surface area contributed by atoms with E-state index in [1.54, 1.807) is 30.3 Å². The van der Waals surface area contributed by atoms with Gasteiger partial charge < -0.3 is 9.84 Å². The van der Waals surface area contributed by atoms with Gasteiger partial charge in [-0.2, -0.15) is 0 Å². The maximum atomic E-state index is 12.4. The fraction of sp³-hybridized carbons (Fsp3) is 0.176. The van der Waals surface area contributed by atoms with Crippen LogP contribution in [0.4, 0.5) is 0 Å². The van der Waals surface area contributed by atoms with Gasteiger partial charge in [0.2, 0.25) is 0 Å². The smallest absolute Gasteiger partial charge is 0.261 e. The van der Waals surface area contributed by atoms with Crippen molar-refractivity contribution >= 4 is 38.4 Å². The van der Waals surface area contributed by atoms with Gasteiger partial charge in [-0.05, 0) is 36.4 Å². The Morgan fingerprint density at radius 1 is 1.29 bits per heavy atom. The predicted octanol–water partition coefficient (Wildman–Crippen LogP) is 3.25. The van der Waals surface area contributed by atoms with Crippen LogP contribution in [0.5, 0.6) is 5.75 Å². The Morgan fingerprint density at radius 2 is 2.12 bits per heavy atom. The zero-order valence-corrected chi connectivity index (χ0v) is 14.9. The highest BCUT2D eigenvalue weighted by Crippen LogP contribution is 2.18. The van der Waals surface area contributed by atoms with Crippen molar-refractivity contribution in [2.75, 3.05) is 6.61 Å². The van der Waals surface area contributed by atoms with Crippen LogP contribution in [0.2, 0.25) is 5.02 Å². The van der Waals surface area contributed by atoms with E-state index in [0.29, 0.717) is 21.7 Å². The molecule has 7 heteroatoms. The summed E-state index contributed by atoms with van der Waals surface area (Å²) in [5, 5.41) is 11.1. The van der Waals surface area contributed by atoms with E-state index in [2.05, 4.69) is 20.9 Å². The Hall–Kier alpha value is -1.89. The molecule has 0 saturated carbocycles. The Labute approximate surface area is 151 Å². The number of hydrogen-bond acceptors (Lipinski definition) is 4. The molecule has 1 heterocycles. The molecule has 1 aromatic heterocycles. The highest BCUT2D eigenvalue weighted by Gasteiger charge is 2.10. The molecule has 1 unspecified atom stereocenters. The van der Waals surface area contributed by atoms with Crippen LogP contribution in [0.3, 0.4) is 0 Å². The monoisotopic (exact) mass is 408 g/mol. The summed E-state index contributed by atoms with van der Waals surface area (Å²) < 4.78 is 7.79. The lowest BCUT2D eigenvalue weighted by Gasteiger charge is -2.14. The van der Waals surface area contributed by atoms with Gasteiger partial charge >= 0.3 is 0 Å². The number of rotatable bonds is 5. The second kappa shape index (κ2) is 7.34.